The number of nitrogens with one attached hydrogen (secondary N) is 2. The molecule has 0 spiro atoms. The van der Waals surface area contributed by atoms with Crippen LogP contribution >= 0.6 is 11.6 Å². The molecule has 0 unspecified atom stereocenters. The monoisotopic (exact) mass is 661 g/mol. The van der Waals surface area contributed by atoms with E-state index in [2.05, 4.69) is 15.4 Å². The number of halogens is 8. The minimum Gasteiger partial charge on any atom is -0.484 e. The average molecular weight is 662 g/mol. The number of fused-ring (bicyclic) bond motifs is 1. The molecule has 2 amide bonds. The number of alkyl halides is 6. The van der Waals surface area contributed by atoms with Gasteiger partial charge in [-0.1, -0.05) is 11.6 Å². The standard InChI is InChI=1S/C25H23ClF7N3O6S/c1-22(2,24(28,29)30)42-21(38)35-13-3-6-19-18(9-13)36(43(39,40)15-4-5-17(27)16(26)10-15)12-14(41-19)11-34-20(37)23(7-8-23)25(31,32)33/h3-6,9-10,14H,7-8,11-12H2,1-2H3,(H,34,37)(H,35,38)/t14-/m0/s1. The van der Waals surface area contributed by atoms with Crippen molar-refractivity contribution in [3.05, 3.63) is 47.2 Å². The fraction of sp³-hybridized carbons (Fsp3) is 0.440. The first-order valence-corrected chi connectivity index (χ1v) is 14.2. The summed E-state index contributed by atoms with van der Waals surface area (Å²) in [5.74, 6) is -2.39. The Kier molecular flexibility index (Phi) is 8.23. The number of carbonyl (C=O) groups excluding carboxylic acids is 2. The van der Waals surface area contributed by atoms with E-state index < -0.39 is 93.2 Å². The van der Waals surface area contributed by atoms with Crippen molar-refractivity contribution in [1.29, 1.82) is 0 Å². The lowest BCUT2D eigenvalue weighted by molar-refractivity contribution is -0.242. The van der Waals surface area contributed by atoms with Crippen molar-refractivity contribution in [3.8, 4) is 5.75 Å². The first-order chi connectivity index (χ1) is 19.7. The molecule has 1 aliphatic carbocycles. The van der Waals surface area contributed by atoms with Gasteiger partial charge in [-0.2, -0.15) is 26.3 Å². The van der Waals surface area contributed by atoms with Crippen LogP contribution in [0.4, 0.5) is 46.9 Å². The van der Waals surface area contributed by atoms with Crippen molar-refractivity contribution in [2.75, 3.05) is 22.7 Å². The molecule has 2 aromatic carbocycles. The van der Waals surface area contributed by atoms with Crippen molar-refractivity contribution >= 4 is 45.0 Å². The number of benzene rings is 2. The number of rotatable bonds is 7. The number of hydrogen-bond acceptors (Lipinski definition) is 6. The van der Waals surface area contributed by atoms with E-state index in [9.17, 15) is 48.7 Å². The van der Waals surface area contributed by atoms with Crippen molar-refractivity contribution in [1.82, 2.24) is 5.32 Å². The Morgan fingerprint density at radius 3 is 2.30 bits per heavy atom. The quantitative estimate of drug-likeness (QED) is 0.364. The third kappa shape index (κ3) is 6.41. The number of hydrogen-bond donors (Lipinski definition) is 2. The summed E-state index contributed by atoms with van der Waals surface area (Å²) < 4.78 is 131. The summed E-state index contributed by atoms with van der Waals surface area (Å²) in [4.78, 5) is 24.1. The van der Waals surface area contributed by atoms with E-state index in [-0.39, 0.29) is 17.1 Å². The third-order valence-corrected chi connectivity index (χ3v) is 8.93. The fourth-order valence-corrected chi connectivity index (χ4v) is 5.83. The third-order valence-electron chi connectivity index (χ3n) is 6.86. The minimum absolute atomic E-state index is 0.172. The highest BCUT2D eigenvalue weighted by molar-refractivity contribution is 7.92. The second-order valence-corrected chi connectivity index (χ2v) is 12.6. The first kappa shape index (κ1) is 32.4. The van der Waals surface area contributed by atoms with Gasteiger partial charge in [-0.25, -0.2) is 17.6 Å². The molecule has 1 heterocycles. The Labute approximate surface area is 245 Å². The van der Waals surface area contributed by atoms with Gasteiger partial charge in [0.05, 0.1) is 28.7 Å². The maximum absolute atomic E-state index is 13.8. The number of ether oxygens (including phenoxy) is 2. The van der Waals surface area contributed by atoms with Crippen molar-refractivity contribution < 1.29 is 58.2 Å². The molecule has 0 aromatic heterocycles. The van der Waals surface area contributed by atoms with Gasteiger partial charge < -0.3 is 14.8 Å². The highest BCUT2D eigenvalue weighted by Crippen LogP contribution is 2.57. The van der Waals surface area contributed by atoms with E-state index in [0.29, 0.717) is 13.8 Å². The molecular formula is C25H23ClF7N3O6S. The lowest BCUT2D eigenvalue weighted by atomic mass is 10.1. The Morgan fingerprint density at radius 2 is 1.74 bits per heavy atom. The normalized spacial score (nSPS) is 18.3. The molecule has 0 radical (unpaired) electrons. The average Bonchev–Trinajstić information content (AvgIpc) is 3.70. The molecule has 0 bridgehead atoms. The Bertz CT molecular complexity index is 1540. The lowest BCUT2D eigenvalue weighted by Gasteiger charge is -2.36. The first-order valence-electron chi connectivity index (χ1n) is 12.4. The summed E-state index contributed by atoms with van der Waals surface area (Å²) in [6, 6.07) is 5.84. The highest BCUT2D eigenvalue weighted by Gasteiger charge is 2.68. The predicted molar refractivity (Wildman–Crippen MR) is 138 cm³/mol. The van der Waals surface area contributed by atoms with Crippen LogP contribution in [0, 0.1) is 11.2 Å². The molecule has 1 aliphatic heterocycles. The van der Waals surface area contributed by atoms with Gasteiger partial charge >= 0.3 is 18.4 Å². The second-order valence-electron chi connectivity index (χ2n) is 10.3. The molecule has 2 aromatic rings. The van der Waals surface area contributed by atoms with Gasteiger partial charge in [0.2, 0.25) is 11.5 Å². The zero-order valence-corrected chi connectivity index (χ0v) is 23.8. The second kappa shape index (κ2) is 10.9. The van der Waals surface area contributed by atoms with Gasteiger partial charge in [0.25, 0.3) is 10.0 Å². The number of amides is 2. The molecule has 2 N–H and O–H groups in total. The van der Waals surface area contributed by atoms with E-state index in [1.165, 1.54) is 0 Å². The van der Waals surface area contributed by atoms with Crippen molar-refractivity contribution in [2.24, 2.45) is 5.41 Å². The zero-order chi connectivity index (χ0) is 32.2. The molecular weight excluding hydrogens is 639 g/mol. The maximum atomic E-state index is 13.8. The van der Waals surface area contributed by atoms with Crippen molar-refractivity contribution in [3.63, 3.8) is 0 Å². The van der Waals surface area contributed by atoms with Crippen LogP contribution in [0.15, 0.2) is 41.3 Å². The smallest absolute Gasteiger partial charge is 0.427 e. The lowest BCUT2D eigenvalue weighted by Crippen LogP contribution is -2.50. The van der Waals surface area contributed by atoms with Crippen LogP contribution < -0.4 is 19.7 Å². The Hall–Kier alpha value is -3.47. The fourth-order valence-electron chi connectivity index (χ4n) is 4.06. The number of nitrogens with zero attached hydrogens (tertiary/aromatic N) is 1. The summed E-state index contributed by atoms with van der Waals surface area (Å²) in [5, 5.41) is 3.68. The molecule has 236 valence electrons. The summed E-state index contributed by atoms with van der Waals surface area (Å²) in [6.07, 6.45) is -13.2. The maximum Gasteiger partial charge on any atom is 0.427 e. The van der Waals surface area contributed by atoms with Gasteiger partial charge in [-0.15, -0.1) is 0 Å². The largest absolute Gasteiger partial charge is 0.484 e. The minimum atomic E-state index is -4.90. The molecule has 2 aliphatic rings. The van der Waals surface area contributed by atoms with Gasteiger partial charge in [-0.3, -0.25) is 14.4 Å². The van der Waals surface area contributed by atoms with E-state index in [1.807, 2.05) is 0 Å². The summed E-state index contributed by atoms with van der Waals surface area (Å²) in [7, 11) is -4.60. The molecule has 18 heteroatoms. The van der Waals surface area contributed by atoms with Crippen LogP contribution in [0.5, 0.6) is 5.75 Å². The van der Waals surface area contributed by atoms with Crippen molar-refractivity contribution in [2.45, 2.75) is 55.6 Å². The summed E-state index contributed by atoms with van der Waals surface area (Å²) in [5.41, 5.74) is -5.86. The molecule has 1 saturated carbocycles. The summed E-state index contributed by atoms with van der Waals surface area (Å²) in [6.45, 7) is 0.117. The van der Waals surface area contributed by atoms with Gasteiger partial charge in [0, 0.05) is 5.69 Å². The molecule has 1 atom stereocenters. The van der Waals surface area contributed by atoms with Crippen LogP contribution in [-0.2, 0) is 19.6 Å². The van der Waals surface area contributed by atoms with Gasteiger partial charge in [0.15, 0.2) is 0 Å². The van der Waals surface area contributed by atoms with Crippen LogP contribution in [0.2, 0.25) is 5.02 Å². The highest BCUT2D eigenvalue weighted by atomic mass is 35.5. The number of sulfonamides is 1. The Balaban J connectivity index is 1.63. The molecule has 4 rings (SSSR count). The van der Waals surface area contributed by atoms with E-state index >= 15 is 0 Å². The molecule has 9 nitrogen and oxygen atoms in total. The molecule has 43 heavy (non-hydrogen) atoms. The molecule has 1 fully saturated rings. The van der Waals surface area contributed by atoms with E-state index in [1.54, 1.807) is 0 Å². The van der Waals surface area contributed by atoms with E-state index in [4.69, 9.17) is 16.3 Å². The van der Waals surface area contributed by atoms with Crippen LogP contribution in [-0.4, -0.2) is 57.6 Å². The van der Waals surface area contributed by atoms with Gasteiger partial charge in [-0.05, 0) is 63.1 Å². The van der Waals surface area contributed by atoms with Crippen LogP contribution in [0.1, 0.15) is 26.7 Å². The zero-order valence-electron chi connectivity index (χ0n) is 22.2. The van der Waals surface area contributed by atoms with E-state index in [0.717, 1.165) is 40.7 Å². The SMILES string of the molecule is CC(C)(OC(=O)Nc1ccc2c(c1)N(S(=O)(=O)c1ccc(F)c(Cl)c1)C[C@H](CNC(=O)C1(C(F)(F)F)CC1)O2)C(F)(F)F. The van der Waals surface area contributed by atoms with Crippen LogP contribution in [0.3, 0.4) is 0 Å². The Morgan fingerprint density at radius 1 is 1.09 bits per heavy atom. The summed E-state index contributed by atoms with van der Waals surface area (Å²) >= 11 is 5.76. The topological polar surface area (TPSA) is 114 Å². The molecule has 0 saturated heterocycles. The van der Waals surface area contributed by atoms with Gasteiger partial charge in [0.1, 0.15) is 23.1 Å². The predicted octanol–water partition coefficient (Wildman–Crippen LogP) is 5.78. The number of carbonyl (C=O) groups is 2. The number of anilines is 2. The van der Waals surface area contributed by atoms with Crippen LogP contribution in [0.25, 0.3) is 0 Å².